The Labute approximate surface area is 175 Å². The van der Waals surface area contributed by atoms with E-state index in [0.29, 0.717) is 6.42 Å². The first-order valence-corrected chi connectivity index (χ1v) is 9.80. The molecule has 0 saturated carbocycles. The van der Waals surface area contributed by atoms with Crippen LogP contribution in [-0.4, -0.2) is 64.6 Å². The predicted molar refractivity (Wildman–Crippen MR) is 109 cm³/mol. The van der Waals surface area contributed by atoms with Crippen LogP contribution in [0.5, 0.6) is 0 Å². The molecule has 12 heteroatoms. The van der Waals surface area contributed by atoms with Crippen LogP contribution in [0.4, 0.5) is 0 Å². The van der Waals surface area contributed by atoms with Crippen LogP contribution in [0, 0.1) is 5.92 Å². The molecule has 0 radical (unpaired) electrons. The number of primary amides is 1. The maximum absolute atomic E-state index is 12.5. The third-order valence-corrected chi connectivity index (χ3v) is 4.28. The Morgan fingerprint density at radius 3 is 1.90 bits per heavy atom. The fraction of sp³-hybridized carbons (Fsp3) is 0.706. The van der Waals surface area contributed by atoms with Gasteiger partial charge in [0.1, 0.15) is 18.1 Å². The molecule has 0 aromatic heterocycles. The second-order valence-corrected chi connectivity index (χ2v) is 7.48. The summed E-state index contributed by atoms with van der Waals surface area (Å²) in [6, 6.07) is -4.31. The first-order chi connectivity index (χ1) is 13.4. The van der Waals surface area contributed by atoms with E-state index in [0.717, 1.165) is 0 Å². The van der Waals surface area contributed by atoms with Gasteiger partial charge >= 0.3 is 5.97 Å². The Morgan fingerprint density at radius 2 is 1.45 bits per heavy atom. The molecule has 0 fully saturated rings. The second-order valence-electron chi connectivity index (χ2n) is 7.11. The van der Waals surface area contributed by atoms with E-state index in [1.165, 1.54) is 6.92 Å². The largest absolute Gasteiger partial charge is 0.480 e. The minimum absolute atomic E-state index is 0.0678. The zero-order chi connectivity index (χ0) is 22.7. The van der Waals surface area contributed by atoms with Crippen molar-refractivity contribution in [3.63, 3.8) is 0 Å². The zero-order valence-electron chi connectivity index (χ0n) is 16.8. The Hall–Kier alpha value is -2.34. The van der Waals surface area contributed by atoms with Crippen molar-refractivity contribution < 1.29 is 29.1 Å². The summed E-state index contributed by atoms with van der Waals surface area (Å²) in [5.74, 6) is -3.91. The highest BCUT2D eigenvalue weighted by Gasteiger charge is 2.29. The Morgan fingerprint density at radius 1 is 0.931 bits per heavy atom. The van der Waals surface area contributed by atoms with E-state index in [1.807, 2.05) is 13.8 Å². The number of amides is 4. The van der Waals surface area contributed by atoms with E-state index in [2.05, 4.69) is 28.6 Å². The summed E-state index contributed by atoms with van der Waals surface area (Å²) in [4.78, 5) is 58.9. The molecule has 0 aromatic rings. The molecular formula is C17H31N5O6S. The number of carboxylic acids is 1. The predicted octanol–water partition coefficient (Wildman–Crippen LogP) is -1.89. The molecule has 29 heavy (non-hydrogen) atoms. The minimum Gasteiger partial charge on any atom is -0.480 e. The SMILES string of the molecule is CC(C)CC(N)C(=O)NC(CS)C(=O)NC(CCC(N)=O)C(=O)NC(C)C(=O)O. The number of hydrogen-bond acceptors (Lipinski definition) is 7. The van der Waals surface area contributed by atoms with Crippen LogP contribution in [0.1, 0.15) is 40.0 Å². The van der Waals surface area contributed by atoms with Crippen molar-refractivity contribution in [2.45, 2.75) is 64.2 Å². The fourth-order valence-electron chi connectivity index (χ4n) is 2.29. The lowest BCUT2D eigenvalue weighted by atomic mass is 10.0. The molecule has 0 aliphatic heterocycles. The monoisotopic (exact) mass is 433 g/mol. The number of carbonyl (C=O) groups excluding carboxylic acids is 4. The van der Waals surface area contributed by atoms with Gasteiger partial charge in [0.15, 0.2) is 0 Å². The van der Waals surface area contributed by atoms with Crippen LogP contribution < -0.4 is 27.4 Å². The normalized spacial score (nSPS) is 15.0. The number of rotatable bonds is 13. The molecule has 166 valence electrons. The molecule has 0 heterocycles. The Bertz CT molecular complexity index is 615. The first-order valence-electron chi connectivity index (χ1n) is 9.17. The van der Waals surface area contributed by atoms with Crippen molar-refractivity contribution in [2.75, 3.05) is 5.75 Å². The number of nitrogens with two attached hydrogens (primary N) is 2. The maximum Gasteiger partial charge on any atom is 0.325 e. The summed E-state index contributed by atoms with van der Waals surface area (Å²) in [7, 11) is 0. The molecule has 4 amide bonds. The molecule has 4 unspecified atom stereocenters. The van der Waals surface area contributed by atoms with Crippen LogP contribution in [0.2, 0.25) is 0 Å². The van der Waals surface area contributed by atoms with Crippen molar-refractivity contribution in [1.29, 1.82) is 0 Å². The number of hydrogen-bond donors (Lipinski definition) is 7. The molecule has 0 aromatic carbocycles. The number of thiol groups is 1. The molecule has 0 saturated heterocycles. The molecule has 0 spiro atoms. The third-order valence-electron chi connectivity index (χ3n) is 3.92. The summed E-state index contributed by atoms with van der Waals surface area (Å²) in [6.45, 7) is 5.05. The molecular weight excluding hydrogens is 402 g/mol. The van der Waals surface area contributed by atoms with Gasteiger partial charge < -0.3 is 32.5 Å². The first kappa shape index (κ1) is 26.7. The van der Waals surface area contributed by atoms with Crippen LogP contribution in [0.25, 0.3) is 0 Å². The summed E-state index contributed by atoms with van der Waals surface area (Å²) in [5, 5.41) is 16.0. The summed E-state index contributed by atoms with van der Waals surface area (Å²) >= 11 is 4.04. The standard InChI is InChI=1S/C17H31N5O6S/c1-8(2)6-10(18)14(24)22-12(7-29)16(26)21-11(4-5-13(19)23)15(25)20-9(3)17(27)28/h8-12,29H,4-7,18H2,1-3H3,(H2,19,23)(H,20,25)(H,21,26)(H,22,24)(H,27,28). The lowest BCUT2D eigenvalue weighted by Gasteiger charge is -2.24. The van der Waals surface area contributed by atoms with Crippen molar-refractivity contribution in [3.05, 3.63) is 0 Å². The molecule has 0 aliphatic rings. The minimum atomic E-state index is -1.27. The van der Waals surface area contributed by atoms with Crippen LogP contribution >= 0.6 is 12.6 Å². The van der Waals surface area contributed by atoms with E-state index in [1.54, 1.807) is 0 Å². The third kappa shape index (κ3) is 10.7. The van der Waals surface area contributed by atoms with Gasteiger partial charge in [-0.3, -0.25) is 24.0 Å². The van der Waals surface area contributed by atoms with Crippen LogP contribution in [0.15, 0.2) is 0 Å². The van der Waals surface area contributed by atoms with E-state index in [9.17, 15) is 24.0 Å². The molecule has 0 aliphatic carbocycles. The summed E-state index contributed by atoms with van der Waals surface area (Å²) in [5.41, 5.74) is 10.9. The zero-order valence-corrected chi connectivity index (χ0v) is 17.7. The van der Waals surface area contributed by atoms with Crippen molar-refractivity contribution in [3.8, 4) is 0 Å². The van der Waals surface area contributed by atoms with Crippen molar-refractivity contribution in [1.82, 2.24) is 16.0 Å². The van der Waals surface area contributed by atoms with Gasteiger partial charge in [-0.1, -0.05) is 13.8 Å². The van der Waals surface area contributed by atoms with Crippen LogP contribution in [0.3, 0.4) is 0 Å². The van der Waals surface area contributed by atoms with Crippen LogP contribution in [-0.2, 0) is 24.0 Å². The fourth-order valence-corrected chi connectivity index (χ4v) is 2.55. The van der Waals surface area contributed by atoms with Gasteiger partial charge in [-0.25, -0.2) is 0 Å². The molecule has 8 N–H and O–H groups in total. The lowest BCUT2D eigenvalue weighted by molar-refractivity contribution is -0.142. The van der Waals surface area contributed by atoms with E-state index < -0.39 is 53.8 Å². The Kier molecular flexibility index (Phi) is 11.9. The number of carboxylic acid groups (broad SMARTS) is 1. The molecule has 11 nitrogen and oxygen atoms in total. The highest BCUT2D eigenvalue weighted by Crippen LogP contribution is 2.04. The van der Waals surface area contributed by atoms with Gasteiger partial charge in [-0.05, 0) is 25.7 Å². The van der Waals surface area contributed by atoms with Gasteiger partial charge in [0.25, 0.3) is 0 Å². The van der Waals surface area contributed by atoms with E-state index >= 15 is 0 Å². The van der Waals surface area contributed by atoms with Crippen molar-refractivity contribution in [2.24, 2.45) is 17.4 Å². The molecule has 0 bridgehead atoms. The smallest absolute Gasteiger partial charge is 0.325 e. The van der Waals surface area contributed by atoms with Gasteiger partial charge in [0.05, 0.1) is 6.04 Å². The van der Waals surface area contributed by atoms with Gasteiger partial charge in [-0.15, -0.1) is 0 Å². The van der Waals surface area contributed by atoms with E-state index in [4.69, 9.17) is 16.6 Å². The number of nitrogens with one attached hydrogen (secondary N) is 3. The number of aliphatic carboxylic acids is 1. The maximum atomic E-state index is 12.5. The van der Waals surface area contributed by atoms with Gasteiger partial charge in [-0.2, -0.15) is 12.6 Å². The average molecular weight is 434 g/mol. The molecule has 4 atom stereocenters. The second kappa shape index (κ2) is 13.0. The lowest BCUT2D eigenvalue weighted by Crippen LogP contribution is -2.57. The summed E-state index contributed by atoms with van der Waals surface area (Å²) < 4.78 is 0. The van der Waals surface area contributed by atoms with Crippen molar-refractivity contribution >= 4 is 42.2 Å². The number of carbonyl (C=O) groups is 5. The average Bonchev–Trinajstić information content (AvgIpc) is 2.61. The highest BCUT2D eigenvalue weighted by atomic mass is 32.1. The summed E-state index contributed by atoms with van der Waals surface area (Å²) in [6.07, 6.45) is 0.0692. The quantitative estimate of drug-likeness (QED) is 0.165. The van der Waals surface area contributed by atoms with E-state index in [-0.39, 0.29) is 24.5 Å². The topological polar surface area (TPSA) is 194 Å². The Balaban J connectivity index is 5.13. The highest BCUT2D eigenvalue weighted by molar-refractivity contribution is 7.80. The van der Waals surface area contributed by atoms with Gasteiger partial charge in [0.2, 0.25) is 23.6 Å². The van der Waals surface area contributed by atoms with Gasteiger partial charge in [0, 0.05) is 12.2 Å². The molecule has 0 rings (SSSR count).